The van der Waals surface area contributed by atoms with Gasteiger partial charge >= 0.3 is 5.97 Å². The minimum Gasteiger partial charge on any atom is -0.480 e. The minimum atomic E-state index is -1.01. The van der Waals surface area contributed by atoms with Crippen LogP contribution in [0.1, 0.15) is 6.42 Å². The lowest BCUT2D eigenvalue weighted by atomic mass is 10.2. The molecule has 0 aliphatic heterocycles. The highest BCUT2D eigenvalue weighted by atomic mass is 32.2. The van der Waals surface area contributed by atoms with E-state index < -0.39 is 12.0 Å². The lowest BCUT2D eigenvalue weighted by molar-refractivity contribution is -0.138. The maximum Gasteiger partial charge on any atom is 0.320 e. The summed E-state index contributed by atoms with van der Waals surface area (Å²) in [4.78, 5) is 21.0. The Morgan fingerprint density at radius 1 is 1.46 bits per heavy atom. The number of Topliss-reactive ketones (excluding diaryl/α,β-unsaturated/α-hetero) is 1. The SMILES string of the molecule is NCC(=O)CSCC[C@H](N)C(=O)O. The molecule has 0 aliphatic carbocycles. The molecular weight excluding hydrogens is 192 g/mol. The predicted octanol–water partition coefficient (Wildman–Crippen LogP) is -0.951. The van der Waals surface area contributed by atoms with Crippen molar-refractivity contribution in [3.05, 3.63) is 0 Å². The van der Waals surface area contributed by atoms with Gasteiger partial charge in [0.25, 0.3) is 0 Å². The van der Waals surface area contributed by atoms with Gasteiger partial charge in [-0.25, -0.2) is 0 Å². The number of hydrogen-bond donors (Lipinski definition) is 3. The molecule has 0 bridgehead atoms. The van der Waals surface area contributed by atoms with Crippen molar-refractivity contribution in [3.8, 4) is 0 Å². The molecule has 0 aromatic carbocycles. The average molecular weight is 206 g/mol. The highest BCUT2D eigenvalue weighted by Crippen LogP contribution is 2.03. The van der Waals surface area contributed by atoms with Gasteiger partial charge in [-0.05, 0) is 12.2 Å². The highest BCUT2D eigenvalue weighted by Gasteiger charge is 2.10. The third kappa shape index (κ3) is 6.56. The van der Waals surface area contributed by atoms with Crippen LogP contribution in [0.3, 0.4) is 0 Å². The summed E-state index contributed by atoms with van der Waals surface area (Å²) >= 11 is 1.36. The fourth-order valence-electron chi connectivity index (χ4n) is 0.579. The Labute approximate surface area is 80.8 Å². The summed E-state index contributed by atoms with van der Waals surface area (Å²) in [6.07, 6.45) is 0.373. The number of aliphatic carboxylic acids is 1. The summed E-state index contributed by atoms with van der Waals surface area (Å²) < 4.78 is 0. The molecule has 0 rings (SSSR count). The smallest absolute Gasteiger partial charge is 0.320 e. The molecule has 6 heteroatoms. The Balaban J connectivity index is 3.35. The van der Waals surface area contributed by atoms with Gasteiger partial charge in [0.2, 0.25) is 0 Å². The first kappa shape index (κ1) is 12.4. The summed E-state index contributed by atoms with van der Waals surface area (Å²) in [6.45, 7) is 0.0397. The molecule has 0 unspecified atom stereocenters. The summed E-state index contributed by atoms with van der Waals surface area (Å²) in [5, 5.41) is 8.42. The van der Waals surface area contributed by atoms with E-state index in [4.69, 9.17) is 16.6 Å². The number of ketones is 1. The molecule has 0 aliphatic rings. The number of carbonyl (C=O) groups excluding carboxylic acids is 1. The zero-order valence-corrected chi connectivity index (χ0v) is 8.05. The molecule has 1 atom stereocenters. The van der Waals surface area contributed by atoms with E-state index in [1.165, 1.54) is 11.8 Å². The van der Waals surface area contributed by atoms with Crippen LogP contribution in [0.15, 0.2) is 0 Å². The molecule has 0 heterocycles. The van der Waals surface area contributed by atoms with Crippen LogP contribution in [0, 0.1) is 0 Å². The van der Waals surface area contributed by atoms with Crippen LogP contribution < -0.4 is 11.5 Å². The van der Waals surface area contributed by atoms with E-state index >= 15 is 0 Å². The largest absolute Gasteiger partial charge is 0.480 e. The lowest BCUT2D eigenvalue weighted by Gasteiger charge is -2.04. The van der Waals surface area contributed by atoms with Crippen molar-refractivity contribution in [3.63, 3.8) is 0 Å². The Morgan fingerprint density at radius 2 is 2.08 bits per heavy atom. The molecule has 0 fully saturated rings. The van der Waals surface area contributed by atoms with Crippen molar-refractivity contribution in [1.29, 1.82) is 0 Å². The highest BCUT2D eigenvalue weighted by molar-refractivity contribution is 7.99. The lowest BCUT2D eigenvalue weighted by Crippen LogP contribution is -2.30. The molecule has 0 aromatic rings. The first-order valence-corrected chi connectivity index (χ1v) is 5.01. The summed E-state index contributed by atoms with van der Waals surface area (Å²) in [6, 6.07) is -0.833. The Morgan fingerprint density at radius 3 is 2.54 bits per heavy atom. The van der Waals surface area contributed by atoms with Crippen molar-refractivity contribution >= 4 is 23.5 Å². The second-order valence-corrected chi connectivity index (χ2v) is 3.63. The Hall–Kier alpha value is -0.590. The van der Waals surface area contributed by atoms with Gasteiger partial charge in [-0.2, -0.15) is 11.8 Å². The fourth-order valence-corrected chi connectivity index (χ4v) is 1.49. The number of carboxylic acids is 1. The predicted molar refractivity (Wildman–Crippen MR) is 51.6 cm³/mol. The first-order valence-electron chi connectivity index (χ1n) is 3.85. The van der Waals surface area contributed by atoms with Crippen LogP contribution in [0.5, 0.6) is 0 Å². The first-order chi connectivity index (χ1) is 6.07. The van der Waals surface area contributed by atoms with Gasteiger partial charge in [0.1, 0.15) is 6.04 Å². The third-order valence-electron chi connectivity index (χ3n) is 1.38. The zero-order valence-electron chi connectivity index (χ0n) is 7.23. The molecule has 0 radical (unpaired) electrons. The number of nitrogens with two attached hydrogens (primary N) is 2. The molecular formula is C7H14N2O3S. The quantitative estimate of drug-likeness (QED) is 0.464. The van der Waals surface area contributed by atoms with Gasteiger partial charge in [0.15, 0.2) is 5.78 Å². The molecule has 0 spiro atoms. The van der Waals surface area contributed by atoms with Crippen LogP contribution >= 0.6 is 11.8 Å². The van der Waals surface area contributed by atoms with Crippen molar-refractivity contribution < 1.29 is 14.7 Å². The van der Waals surface area contributed by atoms with E-state index in [0.29, 0.717) is 17.9 Å². The molecule has 76 valence electrons. The van der Waals surface area contributed by atoms with Gasteiger partial charge in [0, 0.05) is 0 Å². The fraction of sp³-hybridized carbons (Fsp3) is 0.714. The van der Waals surface area contributed by atoms with Crippen LogP contribution in [0.2, 0.25) is 0 Å². The maximum atomic E-state index is 10.7. The van der Waals surface area contributed by atoms with Crippen molar-refractivity contribution in [2.45, 2.75) is 12.5 Å². The molecule has 13 heavy (non-hydrogen) atoms. The molecule has 0 aromatic heterocycles. The van der Waals surface area contributed by atoms with Crippen LogP contribution in [-0.4, -0.2) is 41.0 Å². The van der Waals surface area contributed by atoms with Crippen molar-refractivity contribution in [2.75, 3.05) is 18.1 Å². The summed E-state index contributed by atoms with van der Waals surface area (Å²) in [5.74, 6) is -0.137. The monoisotopic (exact) mass is 206 g/mol. The molecule has 5 nitrogen and oxygen atoms in total. The number of carboxylic acid groups (broad SMARTS) is 1. The Bertz CT molecular complexity index is 187. The topological polar surface area (TPSA) is 106 Å². The average Bonchev–Trinajstić information content (AvgIpc) is 2.11. The van der Waals surface area contributed by atoms with Crippen LogP contribution in [0.4, 0.5) is 0 Å². The zero-order chi connectivity index (χ0) is 10.3. The normalized spacial score (nSPS) is 12.5. The van der Waals surface area contributed by atoms with E-state index in [9.17, 15) is 9.59 Å². The second-order valence-electron chi connectivity index (χ2n) is 2.53. The van der Waals surface area contributed by atoms with Gasteiger partial charge in [-0.15, -0.1) is 0 Å². The van der Waals surface area contributed by atoms with E-state index in [-0.39, 0.29) is 12.3 Å². The molecule has 0 saturated heterocycles. The minimum absolute atomic E-state index is 0.0334. The number of carbonyl (C=O) groups is 2. The standard InChI is InChI=1S/C7H14N2O3S/c8-3-5(10)4-13-2-1-6(9)7(11)12/h6H,1-4,8-9H2,(H,11,12)/t6-/m0/s1. The summed E-state index contributed by atoms with van der Waals surface area (Å²) in [7, 11) is 0. The van der Waals surface area contributed by atoms with Crippen molar-refractivity contribution in [2.24, 2.45) is 11.5 Å². The van der Waals surface area contributed by atoms with Crippen LogP contribution in [0.25, 0.3) is 0 Å². The summed E-state index contributed by atoms with van der Waals surface area (Å²) in [5.41, 5.74) is 10.3. The molecule has 0 saturated carbocycles. The van der Waals surface area contributed by atoms with Gasteiger partial charge in [-0.1, -0.05) is 0 Å². The van der Waals surface area contributed by atoms with E-state index in [1.54, 1.807) is 0 Å². The van der Waals surface area contributed by atoms with E-state index in [1.807, 2.05) is 0 Å². The second kappa shape index (κ2) is 6.88. The number of thioether (sulfide) groups is 1. The Kier molecular flexibility index (Phi) is 6.56. The maximum absolute atomic E-state index is 10.7. The number of rotatable bonds is 7. The van der Waals surface area contributed by atoms with E-state index in [0.717, 1.165) is 0 Å². The van der Waals surface area contributed by atoms with Gasteiger partial charge in [-0.3, -0.25) is 9.59 Å². The van der Waals surface area contributed by atoms with E-state index in [2.05, 4.69) is 0 Å². The van der Waals surface area contributed by atoms with Crippen molar-refractivity contribution in [1.82, 2.24) is 0 Å². The molecule has 5 N–H and O–H groups in total. The third-order valence-corrected chi connectivity index (χ3v) is 2.43. The van der Waals surface area contributed by atoms with Crippen LogP contribution in [-0.2, 0) is 9.59 Å². The molecule has 0 amide bonds. The van der Waals surface area contributed by atoms with Gasteiger partial charge < -0.3 is 16.6 Å². The van der Waals surface area contributed by atoms with Gasteiger partial charge in [0.05, 0.1) is 12.3 Å². The number of hydrogen-bond acceptors (Lipinski definition) is 5.